The second kappa shape index (κ2) is 4.78. The van der Waals surface area contributed by atoms with Gasteiger partial charge >= 0.3 is 0 Å². The Labute approximate surface area is 90.3 Å². The lowest BCUT2D eigenvalue weighted by Crippen LogP contribution is -2.27. The van der Waals surface area contributed by atoms with Gasteiger partial charge in [0.05, 0.1) is 6.54 Å². The van der Waals surface area contributed by atoms with Gasteiger partial charge in [-0.05, 0) is 25.1 Å². The number of hydrogen-bond acceptors (Lipinski definition) is 2. The van der Waals surface area contributed by atoms with Crippen LogP contribution in [0.4, 0.5) is 0 Å². The van der Waals surface area contributed by atoms with Crippen molar-refractivity contribution in [2.24, 2.45) is 0 Å². The number of carbonyl (C=O) groups excluding carboxylic acids is 1. The highest BCUT2D eigenvalue weighted by molar-refractivity contribution is 5.99. The van der Waals surface area contributed by atoms with E-state index >= 15 is 0 Å². The number of carbonyl (C=O) groups is 1. The fourth-order valence-corrected chi connectivity index (χ4v) is 1.72. The van der Waals surface area contributed by atoms with E-state index in [4.69, 9.17) is 0 Å². The molecule has 2 nitrogen and oxygen atoms in total. The Balaban J connectivity index is 1.92. The minimum absolute atomic E-state index is 0.214. The van der Waals surface area contributed by atoms with E-state index in [0.717, 1.165) is 25.0 Å². The highest BCUT2D eigenvalue weighted by Crippen LogP contribution is 2.11. The van der Waals surface area contributed by atoms with E-state index in [9.17, 15) is 4.79 Å². The summed E-state index contributed by atoms with van der Waals surface area (Å²) in [5.41, 5.74) is 0.865. The molecule has 0 spiro atoms. The first kappa shape index (κ1) is 9.97. The summed E-state index contributed by atoms with van der Waals surface area (Å²) >= 11 is 0. The summed E-state index contributed by atoms with van der Waals surface area (Å²) < 4.78 is 0. The van der Waals surface area contributed by atoms with Crippen molar-refractivity contribution in [1.82, 2.24) is 4.90 Å². The molecule has 0 saturated carbocycles. The van der Waals surface area contributed by atoms with Crippen molar-refractivity contribution >= 4 is 5.78 Å². The molecule has 0 aromatic rings. The van der Waals surface area contributed by atoms with Crippen LogP contribution in [0.15, 0.2) is 48.2 Å². The van der Waals surface area contributed by atoms with Crippen molar-refractivity contribution in [3.8, 4) is 0 Å². The van der Waals surface area contributed by atoms with Crippen LogP contribution in [0, 0.1) is 0 Å². The van der Waals surface area contributed by atoms with Crippen LogP contribution in [0.1, 0.15) is 12.8 Å². The number of hydrogen-bond donors (Lipinski definition) is 0. The largest absolute Gasteiger partial charge is 0.366 e. The van der Waals surface area contributed by atoms with Crippen molar-refractivity contribution in [3.63, 3.8) is 0 Å². The molecule has 0 atom stereocenters. The lowest BCUT2D eigenvalue weighted by molar-refractivity contribution is -0.115. The van der Waals surface area contributed by atoms with Gasteiger partial charge in [-0.2, -0.15) is 0 Å². The van der Waals surface area contributed by atoms with Gasteiger partial charge in [0.2, 0.25) is 0 Å². The van der Waals surface area contributed by atoms with E-state index < -0.39 is 0 Å². The van der Waals surface area contributed by atoms with Crippen LogP contribution < -0.4 is 0 Å². The molecule has 78 valence electrons. The van der Waals surface area contributed by atoms with Crippen molar-refractivity contribution in [3.05, 3.63) is 48.2 Å². The van der Waals surface area contributed by atoms with Crippen molar-refractivity contribution in [2.75, 3.05) is 13.1 Å². The molecule has 2 aliphatic rings. The lowest BCUT2D eigenvalue weighted by Gasteiger charge is -2.20. The van der Waals surface area contributed by atoms with Gasteiger partial charge in [-0.25, -0.2) is 0 Å². The molecule has 1 aliphatic heterocycles. The third-order valence-corrected chi connectivity index (χ3v) is 2.55. The summed E-state index contributed by atoms with van der Waals surface area (Å²) in [4.78, 5) is 13.9. The van der Waals surface area contributed by atoms with Crippen molar-refractivity contribution in [2.45, 2.75) is 12.8 Å². The summed E-state index contributed by atoms with van der Waals surface area (Å²) in [5.74, 6) is 0.214. The lowest BCUT2D eigenvalue weighted by atomic mass is 10.0. The summed E-state index contributed by atoms with van der Waals surface area (Å²) in [5, 5.41) is 0. The van der Waals surface area contributed by atoms with Gasteiger partial charge < -0.3 is 4.90 Å². The number of nitrogens with zero attached hydrogens (tertiary/aromatic N) is 1. The molecule has 0 saturated heterocycles. The highest BCUT2D eigenvalue weighted by atomic mass is 16.1. The standard InChI is InChI=1S/C13H15NO/c15-13(12-7-3-1-4-8-12)11-14-9-5-2-6-10-14/h2-3,5-9H,1,4,10-11H2. The van der Waals surface area contributed by atoms with Crippen LogP contribution in [-0.4, -0.2) is 23.8 Å². The number of ketones is 1. The summed E-state index contributed by atoms with van der Waals surface area (Å²) in [6.07, 6.45) is 16.1. The summed E-state index contributed by atoms with van der Waals surface area (Å²) in [6.45, 7) is 1.32. The quantitative estimate of drug-likeness (QED) is 0.697. The first-order valence-electron chi connectivity index (χ1n) is 5.33. The molecule has 2 rings (SSSR count). The van der Waals surface area contributed by atoms with Gasteiger partial charge in [0.25, 0.3) is 0 Å². The monoisotopic (exact) mass is 201 g/mol. The maximum absolute atomic E-state index is 11.8. The van der Waals surface area contributed by atoms with Gasteiger partial charge in [-0.15, -0.1) is 0 Å². The zero-order valence-corrected chi connectivity index (χ0v) is 8.73. The predicted molar refractivity (Wildman–Crippen MR) is 61.3 cm³/mol. The predicted octanol–water partition coefficient (Wildman–Crippen LogP) is 2.22. The molecular formula is C13H15NO. The average molecular weight is 201 g/mol. The third kappa shape index (κ3) is 2.69. The van der Waals surface area contributed by atoms with E-state index in [-0.39, 0.29) is 5.78 Å². The maximum Gasteiger partial charge on any atom is 0.181 e. The minimum Gasteiger partial charge on any atom is -0.366 e. The second-order valence-corrected chi connectivity index (χ2v) is 3.76. The SMILES string of the molecule is O=C(CN1C=CC=CC1)C1=CCCC=C1. The Kier molecular flexibility index (Phi) is 3.18. The van der Waals surface area contributed by atoms with Gasteiger partial charge in [0, 0.05) is 12.1 Å². The Bertz CT molecular complexity index is 361. The minimum atomic E-state index is 0.214. The zero-order valence-electron chi connectivity index (χ0n) is 8.73. The highest BCUT2D eigenvalue weighted by Gasteiger charge is 2.11. The zero-order chi connectivity index (χ0) is 10.5. The number of allylic oxidation sites excluding steroid dienone is 5. The molecule has 0 radical (unpaired) electrons. The first-order valence-corrected chi connectivity index (χ1v) is 5.33. The summed E-state index contributed by atoms with van der Waals surface area (Å²) in [6, 6.07) is 0. The van der Waals surface area contributed by atoms with Crippen LogP contribution in [0.3, 0.4) is 0 Å². The second-order valence-electron chi connectivity index (χ2n) is 3.76. The molecule has 0 aromatic heterocycles. The van der Waals surface area contributed by atoms with Crippen molar-refractivity contribution in [1.29, 1.82) is 0 Å². The van der Waals surface area contributed by atoms with Crippen LogP contribution in [-0.2, 0) is 4.79 Å². The summed E-state index contributed by atoms with van der Waals surface area (Å²) in [7, 11) is 0. The molecule has 0 fully saturated rings. The average Bonchev–Trinajstić information content (AvgIpc) is 2.31. The van der Waals surface area contributed by atoms with E-state index in [1.165, 1.54) is 0 Å². The topological polar surface area (TPSA) is 20.3 Å². The fourth-order valence-electron chi connectivity index (χ4n) is 1.72. The van der Waals surface area contributed by atoms with Crippen LogP contribution >= 0.6 is 0 Å². The van der Waals surface area contributed by atoms with Crippen LogP contribution in [0.5, 0.6) is 0 Å². The van der Waals surface area contributed by atoms with E-state index in [1.54, 1.807) is 0 Å². The Hall–Kier alpha value is -1.57. The van der Waals surface area contributed by atoms with Crippen LogP contribution in [0.2, 0.25) is 0 Å². The van der Waals surface area contributed by atoms with Gasteiger partial charge in [0.1, 0.15) is 0 Å². The van der Waals surface area contributed by atoms with E-state index in [2.05, 4.69) is 12.2 Å². The Morgan fingerprint density at radius 1 is 1.27 bits per heavy atom. The Morgan fingerprint density at radius 2 is 2.20 bits per heavy atom. The molecule has 0 bridgehead atoms. The fraction of sp³-hybridized carbons (Fsp3) is 0.308. The molecule has 15 heavy (non-hydrogen) atoms. The van der Waals surface area contributed by atoms with Crippen molar-refractivity contribution < 1.29 is 4.79 Å². The molecule has 0 aromatic carbocycles. The Morgan fingerprint density at radius 3 is 2.87 bits per heavy atom. The van der Waals surface area contributed by atoms with Gasteiger partial charge in [0.15, 0.2) is 5.78 Å². The smallest absolute Gasteiger partial charge is 0.181 e. The van der Waals surface area contributed by atoms with E-state index in [0.29, 0.717) is 6.54 Å². The normalized spacial score (nSPS) is 19.2. The molecule has 0 N–H and O–H groups in total. The van der Waals surface area contributed by atoms with Gasteiger partial charge in [-0.3, -0.25) is 4.79 Å². The molecule has 0 amide bonds. The van der Waals surface area contributed by atoms with Crippen LogP contribution in [0.25, 0.3) is 0 Å². The third-order valence-electron chi connectivity index (χ3n) is 2.55. The number of rotatable bonds is 3. The first-order chi connectivity index (χ1) is 7.36. The molecular weight excluding hydrogens is 186 g/mol. The van der Waals surface area contributed by atoms with Gasteiger partial charge in [-0.1, -0.05) is 30.4 Å². The number of Topliss-reactive ketones (excluding diaryl/α,β-unsaturated/α-hetero) is 1. The maximum atomic E-state index is 11.8. The molecule has 1 aliphatic carbocycles. The molecule has 1 heterocycles. The van der Waals surface area contributed by atoms with E-state index in [1.807, 2.05) is 35.4 Å². The molecule has 0 unspecified atom stereocenters. The molecule has 2 heteroatoms.